The number of hydrogen-bond donors (Lipinski definition) is 2. The lowest BCUT2D eigenvalue weighted by atomic mass is 10.2. The third kappa shape index (κ3) is 4.20. The molecule has 4 rings (SSSR count). The number of fused-ring (bicyclic) bond motifs is 1. The van der Waals surface area contributed by atoms with E-state index in [-0.39, 0.29) is 17.3 Å². The predicted octanol–water partition coefficient (Wildman–Crippen LogP) is 3.66. The zero-order chi connectivity index (χ0) is 21.8. The average molecular weight is 425 g/mol. The Labute approximate surface area is 177 Å². The number of anilines is 4. The van der Waals surface area contributed by atoms with Gasteiger partial charge in [0.05, 0.1) is 24.8 Å². The largest absolute Gasteiger partial charge is 0.497 e. The van der Waals surface area contributed by atoms with Crippen LogP contribution in [0.1, 0.15) is 0 Å². The van der Waals surface area contributed by atoms with Crippen LogP contribution in [0.5, 0.6) is 23.0 Å². The Hall–Kier alpha value is -4.28. The normalized spacial score (nSPS) is 12.1. The van der Waals surface area contributed by atoms with E-state index in [2.05, 4.69) is 20.6 Å². The summed E-state index contributed by atoms with van der Waals surface area (Å²) in [5.41, 5.74) is 0.673. The Kier molecular flexibility index (Phi) is 5.56. The van der Waals surface area contributed by atoms with Crippen molar-refractivity contribution in [3.05, 3.63) is 52.8 Å². The first-order valence-electron chi connectivity index (χ1n) is 9.24. The minimum atomic E-state index is -0.560. The zero-order valence-corrected chi connectivity index (χ0v) is 16.7. The van der Waals surface area contributed by atoms with E-state index in [0.29, 0.717) is 47.6 Å². The summed E-state index contributed by atoms with van der Waals surface area (Å²) in [6, 6.07) is 10.2. The monoisotopic (exact) mass is 425 g/mol. The van der Waals surface area contributed by atoms with Crippen molar-refractivity contribution in [2.45, 2.75) is 0 Å². The van der Waals surface area contributed by atoms with Crippen LogP contribution in [-0.2, 0) is 0 Å². The van der Waals surface area contributed by atoms with Gasteiger partial charge in [-0.3, -0.25) is 10.1 Å². The van der Waals surface area contributed by atoms with Gasteiger partial charge in [-0.15, -0.1) is 0 Å². The van der Waals surface area contributed by atoms with E-state index in [4.69, 9.17) is 18.9 Å². The van der Waals surface area contributed by atoms with Crippen LogP contribution in [-0.4, -0.2) is 42.3 Å². The van der Waals surface area contributed by atoms with Crippen molar-refractivity contribution >= 4 is 28.7 Å². The lowest BCUT2D eigenvalue weighted by Gasteiger charge is -2.19. The molecule has 11 heteroatoms. The van der Waals surface area contributed by atoms with E-state index in [9.17, 15) is 10.1 Å². The lowest BCUT2D eigenvalue weighted by molar-refractivity contribution is -0.383. The van der Waals surface area contributed by atoms with Gasteiger partial charge in [0.2, 0.25) is 11.6 Å². The molecule has 0 spiro atoms. The molecule has 0 saturated heterocycles. The van der Waals surface area contributed by atoms with Crippen molar-refractivity contribution in [3.63, 3.8) is 0 Å². The van der Waals surface area contributed by atoms with E-state index >= 15 is 0 Å². The van der Waals surface area contributed by atoms with Gasteiger partial charge < -0.3 is 29.6 Å². The Morgan fingerprint density at radius 3 is 2.42 bits per heavy atom. The number of aromatic nitrogens is 2. The number of nitrogens with one attached hydrogen (secondary N) is 2. The maximum absolute atomic E-state index is 11.9. The SMILES string of the molecule is COc1ccc(OC)c(Nc2ncnc(Nc3ccc4c(c3)OCCO4)c2[N+](=O)[O-])c1. The summed E-state index contributed by atoms with van der Waals surface area (Å²) >= 11 is 0. The molecule has 0 bridgehead atoms. The van der Waals surface area contributed by atoms with E-state index in [1.54, 1.807) is 36.4 Å². The first kappa shape index (κ1) is 20.0. The number of methoxy groups -OCH3 is 2. The van der Waals surface area contributed by atoms with Crippen molar-refractivity contribution in [3.8, 4) is 23.0 Å². The van der Waals surface area contributed by atoms with Crippen LogP contribution >= 0.6 is 0 Å². The van der Waals surface area contributed by atoms with Gasteiger partial charge in [0.15, 0.2) is 11.5 Å². The maximum atomic E-state index is 11.9. The van der Waals surface area contributed by atoms with Crippen LogP contribution in [0, 0.1) is 10.1 Å². The van der Waals surface area contributed by atoms with Crippen LogP contribution in [0.3, 0.4) is 0 Å². The topological polar surface area (TPSA) is 130 Å². The van der Waals surface area contributed by atoms with Crippen molar-refractivity contribution in [1.29, 1.82) is 0 Å². The molecule has 1 aliphatic rings. The molecule has 11 nitrogen and oxygen atoms in total. The summed E-state index contributed by atoms with van der Waals surface area (Å²) in [5.74, 6) is 2.19. The molecule has 0 aliphatic carbocycles. The third-order valence-corrected chi connectivity index (χ3v) is 4.47. The van der Waals surface area contributed by atoms with Crippen molar-refractivity contribution in [2.24, 2.45) is 0 Å². The van der Waals surface area contributed by atoms with Gasteiger partial charge in [0.1, 0.15) is 31.0 Å². The Morgan fingerprint density at radius 1 is 0.968 bits per heavy atom. The minimum absolute atomic E-state index is 0.00778. The number of benzene rings is 2. The van der Waals surface area contributed by atoms with Crippen LogP contribution in [0.2, 0.25) is 0 Å². The summed E-state index contributed by atoms with van der Waals surface area (Å²) in [7, 11) is 3.02. The quantitative estimate of drug-likeness (QED) is 0.427. The zero-order valence-electron chi connectivity index (χ0n) is 16.7. The second-order valence-electron chi connectivity index (χ2n) is 6.35. The molecule has 160 valence electrons. The number of rotatable bonds is 7. The fourth-order valence-electron chi connectivity index (χ4n) is 3.03. The highest BCUT2D eigenvalue weighted by Crippen LogP contribution is 2.38. The molecule has 1 aromatic heterocycles. The van der Waals surface area contributed by atoms with Crippen molar-refractivity contribution < 1.29 is 23.9 Å². The molecule has 2 N–H and O–H groups in total. The smallest absolute Gasteiger partial charge is 0.353 e. The summed E-state index contributed by atoms with van der Waals surface area (Å²) < 4.78 is 21.6. The van der Waals surface area contributed by atoms with E-state index in [0.717, 1.165) is 0 Å². The molecule has 1 aliphatic heterocycles. The lowest BCUT2D eigenvalue weighted by Crippen LogP contribution is -2.15. The molecule has 31 heavy (non-hydrogen) atoms. The van der Waals surface area contributed by atoms with Crippen molar-refractivity contribution in [1.82, 2.24) is 9.97 Å². The molecule has 3 aromatic rings. The molecule has 2 heterocycles. The molecule has 0 unspecified atom stereocenters. The molecule has 2 aromatic carbocycles. The second kappa shape index (κ2) is 8.61. The fourth-order valence-corrected chi connectivity index (χ4v) is 3.03. The first-order valence-corrected chi connectivity index (χ1v) is 9.24. The molecule has 0 amide bonds. The molecule has 0 saturated carbocycles. The van der Waals surface area contributed by atoms with Crippen LogP contribution in [0.4, 0.5) is 28.7 Å². The first-order chi connectivity index (χ1) is 15.1. The van der Waals surface area contributed by atoms with Gasteiger partial charge >= 0.3 is 5.69 Å². The average Bonchev–Trinajstić information content (AvgIpc) is 2.79. The minimum Gasteiger partial charge on any atom is -0.497 e. The number of nitro groups is 1. The van der Waals surface area contributed by atoms with E-state index in [1.807, 2.05) is 0 Å². The number of nitrogens with zero attached hydrogens (tertiary/aromatic N) is 3. The third-order valence-electron chi connectivity index (χ3n) is 4.47. The Morgan fingerprint density at radius 2 is 1.71 bits per heavy atom. The summed E-state index contributed by atoms with van der Waals surface area (Å²) in [4.78, 5) is 19.4. The highest BCUT2D eigenvalue weighted by atomic mass is 16.6. The number of hydrogen-bond acceptors (Lipinski definition) is 10. The van der Waals surface area contributed by atoms with Gasteiger partial charge in [-0.1, -0.05) is 0 Å². The molecule has 0 fully saturated rings. The van der Waals surface area contributed by atoms with Crippen LogP contribution < -0.4 is 29.6 Å². The Bertz CT molecular complexity index is 1120. The van der Waals surface area contributed by atoms with Gasteiger partial charge in [0, 0.05) is 17.8 Å². The molecule has 0 radical (unpaired) electrons. The second-order valence-corrected chi connectivity index (χ2v) is 6.35. The van der Waals surface area contributed by atoms with Gasteiger partial charge in [-0.2, -0.15) is 0 Å². The maximum Gasteiger partial charge on any atom is 0.353 e. The van der Waals surface area contributed by atoms with Gasteiger partial charge in [0.25, 0.3) is 0 Å². The molecule has 0 atom stereocenters. The highest BCUT2D eigenvalue weighted by molar-refractivity contribution is 5.79. The van der Waals surface area contributed by atoms with E-state index in [1.165, 1.54) is 20.5 Å². The fraction of sp³-hybridized carbons (Fsp3) is 0.200. The molecular weight excluding hydrogens is 406 g/mol. The molecular formula is C20H19N5O6. The highest BCUT2D eigenvalue weighted by Gasteiger charge is 2.25. The number of ether oxygens (including phenoxy) is 4. The van der Waals surface area contributed by atoms with Crippen LogP contribution in [0.15, 0.2) is 42.7 Å². The van der Waals surface area contributed by atoms with Crippen LogP contribution in [0.25, 0.3) is 0 Å². The summed E-state index contributed by atoms with van der Waals surface area (Å²) in [6.07, 6.45) is 1.22. The van der Waals surface area contributed by atoms with Gasteiger partial charge in [-0.05, 0) is 24.3 Å². The summed E-state index contributed by atoms with van der Waals surface area (Å²) in [6.45, 7) is 0.903. The Balaban J connectivity index is 1.68. The van der Waals surface area contributed by atoms with Crippen molar-refractivity contribution in [2.75, 3.05) is 38.1 Å². The summed E-state index contributed by atoms with van der Waals surface area (Å²) in [5, 5.41) is 17.8. The standard InChI is InChI=1S/C20H19N5O6/c1-28-13-4-6-15(29-2)14(10-13)24-20-18(25(26)27)19(21-11-22-20)23-12-3-5-16-17(9-12)31-8-7-30-16/h3-6,9-11H,7-8H2,1-2H3,(H2,21,22,23,24). The van der Waals surface area contributed by atoms with Gasteiger partial charge in [-0.25, -0.2) is 9.97 Å². The van der Waals surface area contributed by atoms with E-state index < -0.39 is 4.92 Å². The predicted molar refractivity (Wildman–Crippen MR) is 112 cm³/mol.